The van der Waals surface area contributed by atoms with Crippen molar-refractivity contribution in [1.82, 2.24) is 10.2 Å². The number of nitrogens with one attached hydrogen (secondary N) is 2. The third-order valence-electron chi connectivity index (χ3n) is 4.56. The van der Waals surface area contributed by atoms with Crippen molar-refractivity contribution in [1.29, 1.82) is 0 Å². The summed E-state index contributed by atoms with van der Waals surface area (Å²) in [4.78, 5) is 3.02. The van der Waals surface area contributed by atoms with Crippen molar-refractivity contribution in [2.75, 3.05) is 25.0 Å². The first-order valence-electron chi connectivity index (χ1n) is 9.00. The number of rotatable bonds is 7. The Morgan fingerprint density at radius 2 is 1.70 bits per heavy atom. The van der Waals surface area contributed by atoms with Gasteiger partial charge in [-0.3, -0.25) is 4.90 Å². The van der Waals surface area contributed by atoms with Crippen LogP contribution in [0.5, 0.6) is 0 Å². The van der Waals surface area contributed by atoms with Crippen molar-refractivity contribution in [3.63, 3.8) is 0 Å². The molecule has 0 aromatic heterocycles. The maximum atomic E-state index is 12.4. The van der Waals surface area contributed by atoms with E-state index >= 15 is 0 Å². The minimum atomic E-state index is -2.41. The first-order valence-corrected chi connectivity index (χ1v) is 10.3. The summed E-state index contributed by atoms with van der Waals surface area (Å²) in [6.45, 7) is 2.92. The summed E-state index contributed by atoms with van der Waals surface area (Å²) in [6, 6.07) is 17.6. The lowest BCUT2D eigenvalue weighted by atomic mass is 10.1. The van der Waals surface area contributed by atoms with Gasteiger partial charge in [0.1, 0.15) is 0 Å². The lowest BCUT2D eigenvalue weighted by molar-refractivity contribution is 0.246. The topological polar surface area (TPSA) is 27.3 Å². The molecule has 1 aliphatic heterocycles. The molecule has 7 heteroatoms. The predicted molar refractivity (Wildman–Crippen MR) is 113 cm³/mol. The zero-order valence-corrected chi connectivity index (χ0v) is 16.5. The molecule has 0 radical (unpaired) electrons. The van der Waals surface area contributed by atoms with Crippen molar-refractivity contribution in [3.8, 4) is 0 Å². The molecule has 0 saturated carbocycles. The van der Waals surface area contributed by atoms with Crippen LogP contribution in [-0.4, -0.2) is 35.4 Å². The Morgan fingerprint density at radius 1 is 1.04 bits per heavy atom. The van der Waals surface area contributed by atoms with Crippen LogP contribution in [0.25, 0.3) is 0 Å². The van der Waals surface area contributed by atoms with E-state index in [2.05, 4.69) is 39.8 Å². The minimum Gasteiger partial charge on any atom is -0.361 e. The van der Waals surface area contributed by atoms with Gasteiger partial charge < -0.3 is 10.6 Å². The number of hydrogen-bond donors (Lipinski definition) is 2. The quantitative estimate of drug-likeness (QED) is 0.491. The van der Waals surface area contributed by atoms with Gasteiger partial charge in [0.2, 0.25) is 0 Å². The third-order valence-corrected chi connectivity index (χ3v) is 5.53. The van der Waals surface area contributed by atoms with Gasteiger partial charge in [-0.2, -0.15) is 8.78 Å². The molecule has 0 unspecified atom stereocenters. The maximum absolute atomic E-state index is 12.4. The van der Waals surface area contributed by atoms with Gasteiger partial charge in [0, 0.05) is 17.1 Å². The first-order chi connectivity index (χ1) is 13.1. The van der Waals surface area contributed by atoms with E-state index in [1.807, 2.05) is 6.07 Å². The second-order valence-electron chi connectivity index (χ2n) is 6.41. The Balaban J connectivity index is 1.56. The molecule has 0 aliphatic carbocycles. The van der Waals surface area contributed by atoms with E-state index in [-0.39, 0.29) is 6.04 Å². The average Bonchev–Trinajstić information content (AvgIpc) is 3.18. The summed E-state index contributed by atoms with van der Waals surface area (Å²) in [5.41, 5.74) is 2.06. The third kappa shape index (κ3) is 6.16. The molecule has 1 atom stereocenters. The van der Waals surface area contributed by atoms with Crippen LogP contribution in [0.4, 0.5) is 14.5 Å². The van der Waals surface area contributed by atoms with E-state index in [4.69, 9.17) is 12.2 Å². The van der Waals surface area contributed by atoms with Crippen molar-refractivity contribution in [3.05, 3.63) is 60.2 Å². The molecule has 2 N–H and O–H groups in total. The van der Waals surface area contributed by atoms with Gasteiger partial charge in [0.15, 0.2) is 5.11 Å². The smallest absolute Gasteiger partial charge is 0.288 e. The molecule has 3 rings (SSSR count). The van der Waals surface area contributed by atoms with Gasteiger partial charge in [-0.05, 0) is 68.0 Å². The number of thiocarbonyl (C=S) groups is 1. The SMILES string of the molecule is FC(F)Sc1ccc(NC(=S)NC[C@@H](c2ccccc2)N2CCCC2)cc1. The molecular weight excluding hydrogens is 384 g/mol. The highest BCUT2D eigenvalue weighted by Gasteiger charge is 2.23. The van der Waals surface area contributed by atoms with Crippen molar-refractivity contribution >= 4 is 34.8 Å². The van der Waals surface area contributed by atoms with Gasteiger partial charge in [0.05, 0.1) is 6.04 Å². The van der Waals surface area contributed by atoms with Crippen LogP contribution < -0.4 is 10.6 Å². The Bertz CT molecular complexity index is 720. The number of likely N-dealkylation sites (tertiary alicyclic amines) is 1. The lowest BCUT2D eigenvalue weighted by Crippen LogP contribution is -2.38. The monoisotopic (exact) mass is 407 g/mol. The van der Waals surface area contributed by atoms with Crippen LogP contribution >= 0.6 is 24.0 Å². The van der Waals surface area contributed by atoms with E-state index in [1.54, 1.807) is 24.3 Å². The van der Waals surface area contributed by atoms with Crippen LogP contribution in [-0.2, 0) is 0 Å². The molecule has 27 heavy (non-hydrogen) atoms. The molecule has 144 valence electrons. The Morgan fingerprint density at radius 3 is 2.33 bits per heavy atom. The fraction of sp³-hybridized carbons (Fsp3) is 0.350. The normalized spacial score (nSPS) is 15.7. The summed E-state index contributed by atoms with van der Waals surface area (Å²) < 4.78 is 24.8. The van der Waals surface area contributed by atoms with Gasteiger partial charge in [-0.25, -0.2) is 0 Å². The van der Waals surface area contributed by atoms with Crippen molar-refractivity contribution < 1.29 is 8.78 Å². The Kier molecular flexibility index (Phi) is 7.43. The van der Waals surface area contributed by atoms with Crippen LogP contribution in [0, 0.1) is 0 Å². The molecular formula is C20H23F2N3S2. The maximum Gasteiger partial charge on any atom is 0.288 e. The van der Waals surface area contributed by atoms with Gasteiger partial charge in [0.25, 0.3) is 5.76 Å². The molecule has 3 nitrogen and oxygen atoms in total. The van der Waals surface area contributed by atoms with Gasteiger partial charge in [-0.15, -0.1) is 0 Å². The van der Waals surface area contributed by atoms with Gasteiger partial charge in [-0.1, -0.05) is 42.1 Å². The van der Waals surface area contributed by atoms with Crippen LogP contribution in [0.2, 0.25) is 0 Å². The molecule has 0 amide bonds. The van der Waals surface area contributed by atoms with Crippen LogP contribution in [0.3, 0.4) is 0 Å². The summed E-state index contributed by atoms with van der Waals surface area (Å²) in [6.07, 6.45) is 2.46. The summed E-state index contributed by atoms with van der Waals surface area (Å²) in [5.74, 6) is -2.41. The largest absolute Gasteiger partial charge is 0.361 e. The summed E-state index contributed by atoms with van der Waals surface area (Å²) in [7, 11) is 0. The van der Waals surface area contributed by atoms with E-state index in [0.29, 0.717) is 21.8 Å². The number of hydrogen-bond acceptors (Lipinski definition) is 3. The van der Waals surface area contributed by atoms with E-state index in [1.165, 1.54) is 18.4 Å². The highest BCUT2D eigenvalue weighted by atomic mass is 32.2. The zero-order chi connectivity index (χ0) is 19.1. The highest BCUT2D eigenvalue weighted by molar-refractivity contribution is 7.99. The Hall–Kier alpha value is -1.70. The van der Waals surface area contributed by atoms with E-state index < -0.39 is 5.76 Å². The van der Waals surface area contributed by atoms with Crippen molar-refractivity contribution in [2.45, 2.75) is 29.5 Å². The number of benzene rings is 2. The standard InChI is InChI=1S/C20H23F2N3S2/c21-19(22)27-17-10-8-16(9-11-17)24-20(26)23-14-18(25-12-4-5-13-25)15-6-2-1-3-7-15/h1-3,6-11,18-19H,4-5,12-14H2,(H2,23,24,26)/t18-/m0/s1. The molecule has 1 fully saturated rings. The average molecular weight is 408 g/mol. The molecule has 1 aliphatic rings. The molecule has 1 heterocycles. The van der Waals surface area contributed by atoms with Crippen LogP contribution in [0.15, 0.2) is 59.5 Å². The predicted octanol–water partition coefficient (Wildman–Crippen LogP) is 5.12. The number of thioether (sulfide) groups is 1. The minimum absolute atomic E-state index is 0.276. The molecule has 0 bridgehead atoms. The van der Waals surface area contributed by atoms with E-state index in [0.717, 1.165) is 25.3 Å². The highest BCUT2D eigenvalue weighted by Crippen LogP contribution is 2.26. The van der Waals surface area contributed by atoms with Crippen molar-refractivity contribution in [2.24, 2.45) is 0 Å². The van der Waals surface area contributed by atoms with E-state index in [9.17, 15) is 8.78 Å². The molecule has 2 aromatic rings. The fourth-order valence-electron chi connectivity index (χ4n) is 3.27. The second-order valence-corrected chi connectivity index (χ2v) is 7.88. The summed E-state index contributed by atoms with van der Waals surface area (Å²) in [5, 5.41) is 6.96. The van der Waals surface area contributed by atoms with Gasteiger partial charge >= 0.3 is 0 Å². The number of alkyl halides is 2. The second kappa shape index (κ2) is 10.0. The van der Waals surface area contributed by atoms with Crippen LogP contribution in [0.1, 0.15) is 24.4 Å². The number of anilines is 1. The lowest BCUT2D eigenvalue weighted by Gasteiger charge is -2.28. The molecule has 2 aromatic carbocycles. The molecule has 1 saturated heterocycles. The zero-order valence-electron chi connectivity index (χ0n) is 14.9. The number of nitrogens with zero attached hydrogens (tertiary/aromatic N) is 1. The number of halogens is 2. The Labute approximate surface area is 168 Å². The molecule has 0 spiro atoms. The summed E-state index contributed by atoms with van der Waals surface area (Å²) >= 11 is 5.95. The first kappa shape index (κ1) is 20.0. The fourth-order valence-corrected chi connectivity index (χ4v) is 3.97.